The average Bonchev–Trinajstić information content (AvgIpc) is 2.79. The smallest absolute Gasteiger partial charge is 0.310 e. The number of nitrogens with zero attached hydrogens (tertiary/aromatic N) is 2. The topological polar surface area (TPSA) is 104 Å². The summed E-state index contributed by atoms with van der Waals surface area (Å²) in [7, 11) is 0. The summed E-state index contributed by atoms with van der Waals surface area (Å²) in [4.78, 5) is 32.5. The normalized spacial score (nSPS) is 11.6. The number of carbonyl (C=O) groups excluding carboxylic acids is 1. The van der Waals surface area contributed by atoms with Crippen molar-refractivity contribution in [1.29, 1.82) is 0 Å². The second kappa shape index (κ2) is 8.62. The number of hydrogen-bond donors (Lipinski definition) is 3. The van der Waals surface area contributed by atoms with Gasteiger partial charge in [-0.2, -0.15) is 0 Å². The molecule has 0 spiro atoms. The van der Waals surface area contributed by atoms with E-state index >= 15 is 0 Å². The molecule has 1 atom stereocenters. The van der Waals surface area contributed by atoms with Crippen LogP contribution in [0.3, 0.4) is 0 Å². The largest absolute Gasteiger partial charge is 0.481 e. The van der Waals surface area contributed by atoms with Crippen LogP contribution in [-0.2, 0) is 4.79 Å². The Morgan fingerprint density at radius 1 is 0.935 bits per heavy atom. The van der Waals surface area contributed by atoms with E-state index in [2.05, 4.69) is 20.6 Å². The van der Waals surface area contributed by atoms with Gasteiger partial charge in [0.05, 0.1) is 11.5 Å². The van der Waals surface area contributed by atoms with E-state index in [1.807, 2.05) is 24.3 Å². The van der Waals surface area contributed by atoms with Gasteiger partial charge in [-0.3, -0.25) is 14.6 Å². The van der Waals surface area contributed by atoms with Crippen molar-refractivity contribution in [1.82, 2.24) is 9.97 Å². The molecule has 0 radical (unpaired) electrons. The van der Waals surface area contributed by atoms with Gasteiger partial charge in [-0.15, -0.1) is 0 Å². The maximum Gasteiger partial charge on any atom is 0.310 e. The van der Waals surface area contributed by atoms with Gasteiger partial charge in [-0.25, -0.2) is 4.98 Å². The lowest BCUT2D eigenvalue weighted by Crippen LogP contribution is -2.15. The summed E-state index contributed by atoms with van der Waals surface area (Å²) in [5.74, 6) is -1.40. The van der Waals surface area contributed by atoms with Crippen LogP contribution in [0, 0.1) is 0 Å². The molecular formula is C24H20N4O3. The number of carboxylic acid groups (broad SMARTS) is 1. The highest BCUT2D eigenvalue weighted by atomic mass is 16.4. The third-order valence-electron chi connectivity index (χ3n) is 4.99. The van der Waals surface area contributed by atoms with Crippen molar-refractivity contribution in [2.45, 2.75) is 12.8 Å². The van der Waals surface area contributed by atoms with Gasteiger partial charge < -0.3 is 15.7 Å². The molecule has 3 N–H and O–H groups in total. The molecule has 0 saturated carbocycles. The van der Waals surface area contributed by atoms with Crippen LogP contribution >= 0.6 is 0 Å². The fourth-order valence-corrected chi connectivity index (χ4v) is 3.18. The molecule has 154 valence electrons. The van der Waals surface area contributed by atoms with Crippen LogP contribution in [0.4, 0.5) is 17.2 Å². The highest BCUT2D eigenvalue weighted by molar-refractivity contribution is 6.08. The molecule has 7 heteroatoms. The Bertz CT molecular complexity index is 1260. The maximum atomic E-state index is 12.9. The molecule has 0 aliphatic heterocycles. The van der Waals surface area contributed by atoms with Gasteiger partial charge in [-0.1, -0.05) is 18.2 Å². The first-order valence-corrected chi connectivity index (χ1v) is 9.71. The van der Waals surface area contributed by atoms with Gasteiger partial charge in [0.15, 0.2) is 0 Å². The summed E-state index contributed by atoms with van der Waals surface area (Å²) in [6.07, 6.45) is 5.14. The van der Waals surface area contributed by atoms with Crippen molar-refractivity contribution in [2.24, 2.45) is 0 Å². The zero-order chi connectivity index (χ0) is 21.8. The number of anilines is 3. The van der Waals surface area contributed by atoms with Crippen LogP contribution in [0.5, 0.6) is 0 Å². The second-order valence-corrected chi connectivity index (χ2v) is 7.10. The predicted octanol–water partition coefficient (Wildman–Crippen LogP) is 4.81. The lowest BCUT2D eigenvalue weighted by atomic mass is 10.0. The van der Waals surface area contributed by atoms with E-state index in [1.165, 1.54) is 0 Å². The van der Waals surface area contributed by atoms with Gasteiger partial charge in [0, 0.05) is 35.4 Å². The molecule has 0 fully saturated rings. The maximum absolute atomic E-state index is 12.9. The summed E-state index contributed by atoms with van der Waals surface area (Å²) in [6.45, 7) is 1.62. The minimum absolute atomic E-state index is 0.322. The molecule has 0 bridgehead atoms. The molecule has 0 saturated heterocycles. The molecule has 0 aliphatic carbocycles. The number of benzene rings is 2. The summed E-state index contributed by atoms with van der Waals surface area (Å²) in [6, 6.07) is 17.9. The molecule has 2 heterocycles. The van der Waals surface area contributed by atoms with Crippen molar-refractivity contribution in [3.63, 3.8) is 0 Å². The van der Waals surface area contributed by atoms with Gasteiger partial charge in [0.25, 0.3) is 5.91 Å². The summed E-state index contributed by atoms with van der Waals surface area (Å²) in [5, 5.41) is 17.2. The number of aliphatic carboxylic acids is 1. The molecule has 0 aliphatic rings. The monoisotopic (exact) mass is 412 g/mol. The van der Waals surface area contributed by atoms with Crippen LogP contribution in [0.25, 0.3) is 10.8 Å². The van der Waals surface area contributed by atoms with Gasteiger partial charge in [0.1, 0.15) is 5.82 Å². The number of rotatable bonds is 6. The van der Waals surface area contributed by atoms with Crippen LogP contribution in [0.1, 0.15) is 28.8 Å². The lowest BCUT2D eigenvalue weighted by Gasteiger charge is -2.12. The summed E-state index contributed by atoms with van der Waals surface area (Å²) in [5.41, 5.74) is 2.41. The van der Waals surface area contributed by atoms with Crippen molar-refractivity contribution in [3.8, 4) is 0 Å². The van der Waals surface area contributed by atoms with E-state index in [0.29, 0.717) is 22.6 Å². The summed E-state index contributed by atoms with van der Waals surface area (Å²) >= 11 is 0. The van der Waals surface area contributed by atoms with E-state index in [1.54, 1.807) is 61.9 Å². The zero-order valence-electron chi connectivity index (χ0n) is 16.7. The lowest BCUT2D eigenvalue weighted by molar-refractivity contribution is -0.138. The molecule has 2 aromatic heterocycles. The second-order valence-electron chi connectivity index (χ2n) is 7.10. The molecule has 31 heavy (non-hydrogen) atoms. The first-order valence-electron chi connectivity index (χ1n) is 9.71. The molecule has 4 rings (SSSR count). The number of aromatic nitrogens is 2. The first kappa shape index (κ1) is 20.0. The summed E-state index contributed by atoms with van der Waals surface area (Å²) < 4.78 is 0. The third-order valence-corrected chi connectivity index (χ3v) is 4.99. The number of fused-ring (bicyclic) bond motifs is 1. The first-order chi connectivity index (χ1) is 15.0. The number of hydrogen-bond acceptors (Lipinski definition) is 5. The Kier molecular flexibility index (Phi) is 5.57. The Balaban J connectivity index is 1.53. The number of carbonyl (C=O) groups is 2. The third kappa shape index (κ3) is 4.51. The molecular weight excluding hydrogens is 392 g/mol. The average molecular weight is 412 g/mol. The number of pyridine rings is 2. The fraction of sp³-hybridized carbons (Fsp3) is 0.0833. The van der Waals surface area contributed by atoms with Crippen LogP contribution in [0.2, 0.25) is 0 Å². The Hall–Kier alpha value is -4.26. The fourth-order valence-electron chi connectivity index (χ4n) is 3.18. The SMILES string of the molecule is C[C@H](C(=O)O)c1ccc(NC(=O)c2cccnc2Nc2ccc3ccncc3c2)cc1. The van der Waals surface area contributed by atoms with Crippen molar-refractivity contribution >= 4 is 39.8 Å². The van der Waals surface area contributed by atoms with Crippen LogP contribution in [0.15, 0.2) is 79.3 Å². The molecule has 1 amide bonds. The molecule has 7 nitrogen and oxygen atoms in total. The van der Waals surface area contributed by atoms with E-state index < -0.39 is 11.9 Å². The zero-order valence-corrected chi connectivity index (χ0v) is 16.7. The van der Waals surface area contributed by atoms with Crippen molar-refractivity contribution < 1.29 is 14.7 Å². The quantitative estimate of drug-likeness (QED) is 0.420. The van der Waals surface area contributed by atoms with Gasteiger partial charge >= 0.3 is 5.97 Å². The van der Waals surface area contributed by atoms with E-state index in [4.69, 9.17) is 5.11 Å². The van der Waals surface area contributed by atoms with E-state index in [-0.39, 0.29) is 5.91 Å². The Labute approximate surface area is 178 Å². The molecule has 4 aromatic rings. The molecule has 2 aromatic carbocycles. The minimum Gasteiger partial charge on any atom is -0.481 e. The van der Waals surface area contributed by atoms with Gasteiger partial charge in [0.2, 0.25) is 0 Å². The highest BCUT2D eigenvalue weighted by Crippen LogP contribution is 2.24. The van der Waals surface area contributed by atoms with Crippen molar-refractivity contribution in [3.05, 3.63) is 90.4 Å². The van der Waals surface area contributed by atoms with Crippen molar-refractivity contribution in [2.75, 3.05) is 10.6 Å². The highest BCUT2D eigenvalue weighted by Gasteiger charge is 2.15. The Morgan fingerprint density at radius 3 is 2.48 bits per heavy atom. The number of amides is 1. The Morgan fingerprint density at radius 2 is 1.71 bits per heavy atom. The predicted molar refractivity (Wildman–Crippen MR) is 120 cm³/mol. The number of nitrogens with one attached hydrogen (secondary N) is 2. The minimum atomic E-state index is -0.896. The van der Waals surface area contributed by atoms with Crippen LogP contribution < -0.4 is 10.6 Å². The number of carboxylic acids is 1. The van der Waals surface area contributed by atoms with Crippen LogP contribution in [-0.4, -0.2) is 27.0 Å². The van der Waals surface area contributed by atoms with E-state index in [9.17, 15) is 9.59 Å². The van der Waals surface area contributed by atoms with Gasteiger partial charge in [-0.05, 0) is 60.3 Å². The molecule has 0 unspecified atom stereocenters. The standard InChI is InChI=1S/C24H20N4O3/c1-15(24(30)31)16-4-7-19(8-5-16)28-23(29)21-3-2-11-26-22(21)27-20-9-6-17-10-12-25-14-18(17)13-20/h2-15H,1H3,(H,26,27)(H,28,29)(H,30,31)/t15-/m0/s1. The van der Waals surface area contributed by atoms with E-state index in [0.717, 1.165) is 16.5 Å².